The fourth-order valence-corrected chi connectivity index (χ4v) is 3.92. The van der Waals surface area contributed by atoms with Gasteiger partial charge in [0.15, 0.2) is 0 Å². The Morgan fingerprint density at radius 2 is 2.05 bits per heavy atom. The lowest BCUT2D eigenvalue weighted by molar-refractivity contribution is 0.0259. The minimum absolute atomic E-state index is 0.678. The molecule has 0 amide bonds. The largest absolute Gasteiger partial charge is 0.381 e. The highest BCUT2D eigenvalue weighted by Crippen LogP contribution is 2.30. The van der Waals surface area contributed by atoms with E-state index in [1.54, 1.807) is 0 Å². The number of likely N-dealkylation sites (N-methyl/N-ethyl adjacent to an activating group) is 2. The first-order valence-electron chi connectivity index (χ1n) is 8.19. The Balaban J connectivity index is 1.88. The van der Waals surface area contributed by atoms with E-state index in [1.807, 2.05) is 0 Å². The van der Waals surface area contributed by atoms with E-state index in [4.69, 9.17) is 4.74 Å². The summed E-state index contributed by atoms with van der Waals surface area (Å²) in [6.07, 6.45) is 8.04. The normalized spacial score (nSPS) is 36.6. The molecule has 112 valence electrons. The van der Waals surface area contributed by atoms with Crippen molar-refractivity contribution in [3.63, 3.8) is 0 Å². The number of rotatable bonds is 5. The highest BCUT2D eigenvalue weighted by molar-refractivity contribution is 4.90. The zero-order chi connectivity index (χ0) is 13.7. The van der Waals surface area contributed by atoms with E-state index in [2.05, 4.69) is 31.2 Å². The van der Waals surface area contributed by atoms with Crippen molar-refractivity contribution in [3.8, 4) is 0 Å². The Bertz CT molecular complexity index is 253. The summed E-state index contributed by atoms with van der Waals surface area (Å²) in [5.74, 6) is 1.68. The van der Waals surface area contributed by atoms with Crippen LogP contribution in [0.4, 0.5) is 0 Å². The van der Waals surface area contributed by atoms with Crippen LogP contribution in [0, 0.1) is 11.8 Å². The smallest absolute Gasteiger partial charge is 0.0506 e. The molecule has 1 N–H and O–H groups in total. The molecule has 0 aromatic carbocycles. The van der Waals surface area contributed by atoms with Crippen LogP contribution < -0.4 is 5.32 Å². The minimum Gasteiger partial charge on any atom is -0.381 e. The molecule has 4 atom stereocenters. The second-order valence-corrected chi connectivity index (χ2v) is 6.57. The van der Waals surface area contributed by atoms with Gasteiger partial charge in [-0.1, -0.05) is 13.3 Å². The summed E-state index contributed by atoms with van der Waals surface area (Å²) < 4.78 is 5.62. The van der Waals surface area contributed by atoms with Gasteiger partial charge in [-0.25, -0.2) is 0 Å². The standard InChI is InChI=1S/C16H32N2O/c1-4-13-7-8-15(17-2)16(10-13)18(3)11-14-6-5-9-19-12-14/h13-17H,4-12H2,1-3H3. The summed E-state index contributed by atoms with van der Waals surface area (Å²) in [6, 6.07) is 1.39. The van der Waals surface area contributed by atoms with Gasteiger partial charge in [-0.2, -0.15) is 0 Å². The van der Waals surface area contributed by atoms with Gasteiger partial charge < -0.3 is 15.0 Å². The van der Waals surface area contributed by atoms with Crippen molar-refractivity contribution < 1.29 is 4.74 Å². The molecule has 19 heavy (non-hydrogen) atoms. The quantitative estimate of drug-likeness (QED) is 0.829. The fourth-order valence-electron chi connectivity index (χ4n) is 3.92. The number of nitrogens with zero attached hydrogens (tertiary/aromatic N) is 1. The summed E-state index contributed by atoms with van der Waals surface area (Å²) in [7, 11) is 4.45. The van der Waals surface area contributed by atoms with Crippen molar-refractivity contribution in [3.05, 3.63) is 0 Å². The van der Waals surface area contributed by atoms with Crippen molar-refractivity contribution in [1.82, 2.24) is 10.2 Å². The van der Waals surface area contributed by atoms with Gasteiger partial charge in [0.05, 0.1) is 6.61 Å². The molecule has 1 heterocycles. The van der Waals surface area contributed by atoms with E-state index in [1.165, 1.54) is 45.1 Å². The van der Waals surface area contributed by atoms with Crippen LogP contribution >= 0.6 is 0 Å². The van der Waals surface area contributed by atoms with Gasteiger partial charge in [0, 0.05) is 25.2 Å². The first-order valence-corrected chi connectivity index (χ1v) is 8.19. The topological polar surface area (TPSA) is 24.5 Å². The molecular weight excluding hydrogens is 236 g/mol. The predicted octanol–water partition coefficient (Wildman–Crippen LogP) is 2.51. The van der Waals surface area contributed by atoms with Crippen LogP contribution in [0.1, 0.15) is 45.4 Å². The van der Waals surface area contributed by atoms with Crippen LogP contribution in [0.3, 0.4) is 0 Å². The zero-order valence-corrected chi connectivity index (χ0v) is 13.0. The van der Waals surface area contributed by atoms with Crippen LogP contribution in [0.15, 0.2) is 0 Å². The van der Waals surface area contributed by atoms with E-state index in [0.29, 0.717) is 12.1 Å². The van der Waals surface area contributed by atoms with Crippen molar-refractivity contribution in [2.45, 2.75) is 57.5 Å². The summed E-state index contributed by atoms with van der Waals surface area (Å²) in [4.78, 5) is 2.61. The molecule has 0 spiro atoms. The molecule has 0 aromatic rings. The summed E-state index contributed by atoms with van der Waals surface area (Å²) in [6.45, 7) is 5.49. The van der Waals surface area contributed by atoms with E-state index in [-0.39, 0.29) is 0 Å². The number of nitrogens with one attached hydrogen (secondary N) is 1. The lowest BCUT2D eigenvalue weighted by atomic mass is 9.80. The maximum absolute atomic E-state index is 5.62. The number of hydrogen-bond donors (Lipinski definition) is 1. The van der Waals surface area contributed by atoms with Crippen LogP contribution in [0.5, 0.6) is 0 Å². The molecule has 4 unspecified atom stereocenters. The lowest BCUT2D eigenvalue weighted by Crippen LogP contribution is -2.52. The maximum Gasteiger partial charge on any atom is 0.0506 e. The van der Waals surface area contributed by atoms with Gasteiger partial charge in [-0.3, -0.25) is 0 Å². The van der Waals surface area contributed by atoms with E-state index in [0.717, 1.165) is 25.0 Å². The van der Waals surface area contributed by atoms with Gasteiger partial charge in [-0.15, -0.1) is 0 Å². The Hall–Kier alpha value is -0.120. The second-order valence-electron chi connectivity index (χ2n) is 6.57. The summed E-state index contributed by atoms with van der Waals surface area (Å²) in [5, 5.41) is 3.54. The van der Waals surface area contributed by atoms with Crippen LogP contribution in [0.2, 0.25) is 0 Å². The molecule has 1 aliphatic carbocycles. The molecule has 3 nitrogen and oxygen atoms in total. The van der Waals surface area contributed by atoms with Gasteiger partial charge in [-0.05, 0) is 58.0 Å². The van der Waals surface area contributed by atoms with Gasteiger partial charge >= 0.3 is 0 Å². The third-order valence-corrected chi connectivity index (χ3v) is 5.24. The molecule has 0 bridgehead atoms. The van der Waals surface area contributed by atoms with E-state index in [9.17, 15) is 0 Å². The van der Waals surface area contributed by atoms with Gasteiger partial charge in [0.25, 0.3) is 0 Å². The first kappa shape index (κ1) is 15.3. The van der Waals surface area contributed by atoms with Gasteiger partial charge in [0.1, 0.15) is 0 Å². The molecule has 1 saturated heterocycles. The van der Waals surface area contributed by atoms with Crippen LogP contribution in [-0.2, 0) is 4.74 Å². The third kappa shape index (κ3) is 4.17. The van der Waals surface area contributed by atoms with Crippen molar-refractivity contribution in [2.24, 2.45) is 11.8 Å². The Morgan fingerprint density at radius 1 is 1.21 bits per heavy atom. The van der Waals surface area contributed by atoms with Crippen LogP contribution in [0.25, 0.3) is 0 Å². The molecular formula is C16H32N2O. The first-order chi connectivity index (χ1) is 9.24. The predicted molar refractivity (Wildman–Crippen MR) is 80.4 cm³/mol. The molecule has 3 heteroatoms. The summed E-state index contributed by atoms with van der Waals surface area (Å²) in [5.41, 5.74) is 0. The average Bonchev–Trinajstić information content (AvgIpc) is 2.47. The minimum atomic E-state index is 0.678. The van der Waals surface area contributed by atoms with Crippen molar-refractivity contribution in [2.75, 3.05) is 33.9 Å². The Kier molecular flexibility index (Phi) is 6.11. The van der Waals surface area contributed by atoms with E-state index < -0.39 is 0 Å². The summed E-state index contributed by atoms with van der Waals surface area (Å²) >= 11 is 0. The second kappa shape index (κ2) is 7.61. The monoisotopic (exact) mass is 268 g/mol. The highest BCUT2D eigenvalue weighted by atomic mass is 16.5. The molecule has 1 saturated carbocycles. The fraction of sp³-hybridized carbons (Fsp3) is 1.00. The lowest BCUT2D eigenvalue weighted by Gasteiger charge is -2.42. The Labute approximate surface area is 119 Å². The zero-order valence-electron chi connectivity index (χ0n) is 13.0. The molecule has 1 aliphatic heterocycles. The number of ether oxygens (including phenoxy) is 1. The third-order valence-electron chi connectivity index (χ3n) is 5.24. The van der Waals surface area contributed by atoms with E-state index >= 15 is 0 Å². The Morgan fingerprint density at radius 3 is 2.68 bits per heavy atom. The molecule has 0 radical (unpaired) electrons. The number of hydrogen-bond acceptors (Lipinski definition) is 3. The van der Waals surface area contributed by atoms with Gasteiger partial charge in [0.2, 0.25) is 0 Å². The molecule has 2 fully saturated rings. The van der Waals surface area contributed by atoms with Crippen molar-refractivity contribution in [1.29, 1.82) is 0 Å². The average molecular weight is 268 g/mol. The highest BCUT2D eigenvalue weighted by Gasteiger charge is 2.32. The van der Waals surface area contributed by atoms with Crippen LogP contribution in [-0.4, -0.2) is 50.8 Å². The molecule has 2 rings (SSSR count). The van der Waals surface area contributed by atoms with Crippen molar-refractivity contribution >= 4 is 0 Å². The molecule has 0 aromatic heterocycles. The SMILES string of the molecule is CCC1CCC(NC)C(N(C)CC2CCCOC2)C1. The molecule has 2 aliphatic rings. The maximum atomic E-state index is 5.62.